The van der Waals surface area contributed by atoms with Gasteiger partial charge in [-0.15, -0.1) is 5.11 Å². The fourth-order valence-electron chi connectivity index (χ4n) is 4.06. The van der Waals surface area contributed by atoms with Crippen molar-refractivity contribution < 1.29 is 0 Å². The number of nitrogens with one attached hydrogen (secondary N) is 4. The number of nitrogens with zero attached hydrogens (tertiary/aromatic N) is 6. The van der Waals surface area contributed by atoms with Gasteiger partial charge in [0.15, 0.2) is 11.6 Å². The number of hydrogen-bond donors (Lipinski definition) is 4. The molecule has 0 saturated carbocycles. The van der Waals surface area contributed by atoms with E-state index in [-0.39, 0.29) is 5.82 Å². The Morgan fingerprint density at radius 3 is 2.88 bits per heavy atom. The number of rotatable bonds is 8. The first-order valence-corrected chi connectivity index (χ1v) is 11.2. The van der Waals surface area contributed by atoms with E-state index in [2.05, 4.69) is 59.0 Å². The average molecular weight is 455 g/mol. The summed E-state index contributed by atoms with van der Waals surface area (Å²) in [5.74, 6) is 2.04. The number of hydrogen-bond acceptors (Lipinski definition) is 10. The number of benzene rings is 1. The standard InChI is InChI=1S/C24H26N10/c1-34-10-7-19(15-34)31-21-12-18(6-9-27-21)30-22-14-29-24(33-25)23(32-22)28-13-16-4-5-20-17(11-16)3-2-8-26-20/h2-6,8-9,11-12,14,19,25H,7,10,13,15H2,1H3,(H3,27,28,30,31,32). The predicted molar refractivity (Wildman–Crippen MR) is 133 cm³/mol. The molecule has 1 aliphatic heterocycles. The number of likely N-dealkylation sites (tertiary alicyclic amines) is 1. The third-order valence-corrected chi connectivity index (χ3v) is 5.76. The Labute approximate surface area is 197 Å². The van der Waals surface area contributed by atoms with Crippen LogP contribution in [0.25, 0.3) is 10.9 Å². The highest BCUT2D eigenvalue weighted by molar-refractivity contribution is 5.79. The molecule has 4 aromatic rings. The lowest BCUT2D eigenvalue weighted by Gasteiger charge is -2.15. The Hall–Kier alpha value is -4.18. The first-order chi connectivity index (χ1) is 16.7. The number of likely N-dealkylation sites (N-methyl/N-ethyl adjacent to an activating group) is 1. The molecule has 1 fully saturated rings. The van der Waals surface area contributed by atoms with Crippen molar-refractivity contribution >= 4 is 39.9 Å². The lowest BCUT2D eigenvalue weighted by Crippen LogP contribution is -2.23. The highest BCUT2D eigenvalue weighted by Gasteiger charge is 2.19. The van der Waals surface area contributed by atoms with E-state index in [0.29, 0.717) is 24.2 Å². The summed E-state index contributed by atoms with van der Waals surface area (Å²) in [5.41, 5.74) is 10.3. The monoisotopic (exact) mass is 454 g/mol. The minimum atomic E-state index is 0.232. The second kappa shape index (κ2) is 9.75. The fourth-order valence-corrected chi connectivity index (χ4v) is 4.06. The average Bonchev–Trinajstić information content (AvgIpc) is 3.27. The van der Waals surface area contributed by atoms with Gasteiger partial charge in [-0.05, 0) is 49.8 Å². The van der Waals surface area contributed by atoms with E-state index in [9.17, 15) is 0 Å². The summed E-state index contributed by atoms with van der Waals surface area (Å²) in [6, 6.07) is 14.3. The molecule has 1 aromatic carbocycles. The molecule has 0 aliphatic carbocycles. The number of aromatic nitrogens is 4. The molecule has 1 atom stereocenters. The van der Waals surface area contributed by atoms with Gasteiger partial charge in [-0.25, -0.2) is 20.5 Å². The summed E-state index contributed by atoms with van der Waals surface area (Å²) in [4.78, 5) is 20.0. The molecule has 10 heteroatoms. The Bertz CT molecular complexity index is 1310. The van der Waals surface area contributed by atoms with Crippen LogP contribution in [0.2, 0.25) is 0 Å². The molecule has 5 rings (SSSR count). The second-order valence-electron chi connectivity index (χ2n) is 8.37. The topological polar surface area (TPSA) is 127 Å². The van der Waals surface area contributed by atoms with Gasteiger partial charge in [0, 0.05) is 48.7 Å². The van der Waals surface area contributed by atoms with Crippen molar-refractivity contribution in [3.63, 3.8) is 0 Å². The maximum atomic E-state index is 7.45. The quantitative estimate of drug-likeness (QED) is 0.286. The summed E-state index contributed by atoms with van der Waals surface area (Å²) < 4.78 is 0. The van der Waals surface area contributed by atoms with Crippen LogP contribution < -0.4 is 16.0 Å². The van der Waals surface area contributed by atoms with E-state index < -0.39 is 0 Å². The molecular formula is C24H26N10. The van der Waals surface area contributed by atoms with Gasteiger partial charge in [-0.2, -0.15) is 0 Å². The summed E-state index contributed by atoms with van der Waals surface area (Å²) in [5, 5.41) is 14.6. The number of fused-ring (bicyclic) bond motifs is 1. The summed E-state index contributed by atoms with van der Waals surface area (Å²) >= 11 is 0. The molecule has 0 radical (unpaired) electrons. The van der Waals surface area contributed by atoms with Crippen LogP contribution >= 0.6 is 0 Å². The summed E-state index contributed by atoms with van der Waals surface area (Å²) in [6.45, 7) is 2.61. The van der Waals surface area contributed by atoms with Gasteiger partial charge in [-0.1, -0.05) is 12.1 Å². The van der Waals surface area contributed by atoms with Crippen molar-refractivity contribution in [1.29, 1.82) is 5.53 Å². The molecule has 0 bridgehead atoms. The third-order valence-electron chi connectivity index (χ3n) is 5.76. The Balaban J connectivity index is 1.29. The third kappa shape index (κ3) is 5.07. The lowest BCUT2D eigenvalue weighted by atomic mass is 10.1. The maximum Gasteiger partial charge on any atom is 0.216 e. The minimum absolute atomic E-state index is 0.232. The molecule has 1 saturated heterocycles. The molecule has 172 valence electrons. The van der Waals surface area contributed by atoms with Crippen molar-refractivity contribution in [2.45, 2.75) is 19.0 Å². The maximum absolute atomic E-state index is 7.45. The van der Waals surface area contributed by atoms with Crippen LogP contribution in [0.4, 0.5) is 29.0 Å². The van der Waals surface area contributed by atoms with Crippen LogP contribution in [0.1, 0.15) is 12.0 Å². The van der Waals surface area contributed by atoms with E-state index in [1.54, 1.807) is 18.6 Å². The van der Waals surface area contributed by atoms with Crippen LogP contribution in [0.5, 0.6) is 0 Å². The smallest absolute Gasteiger partial charge is 0.216 e. The van der Waals surface area contributed by atoms with E-state index in [4.69, 9.17) is 5.53 Å². The van der Waals surface area contributed by atoms with Crippen molar-refractivity contribution in [3.05, 3.63) is 66.6 Å². The van der Waals surface area contributed by atoms with Gasteiger partial charge in [0.1, 0.15) is 5.82 Å². The highest BCUT2D eigenvalue weighted by Crippen LogP contribution is 2.25. The van der Waals surface area contributed by atoms with Crippen molar-refractivity contribution in [2.24, 2.45) is 5.11 Å². The normalized spacial score (nSPS) is 15.9. The minimum Gasteiger partial charge on any atom is -0.366 e. The van der Waals surface area contributed by atoms with Crippen molar-refractivity contribution in [3.8, 4) is 0 Å². The van der Waals surface area contributed by atoms with E-state index >= 15 is 0 Å². The number of pyridine rings is 2. The molecule has 3 aromatic heterocycles. The molecule has 34 heavy (non-hydrogen) atoms. The largest absolute Gasteiger partial charge is 0.366 e. The fraction of sp³-hybridized carbons (Fsp3) is 0.250. The predicted octanol–water partition coefficient (Wildman–Crippen LogP) is 4.55. The van der Waals surface area contributed by atoms with Gasteiger partial charge in [0.05, 0.1) is 11.7 Å². The summed E-state index contributed by atoms with van der Waals surface area (Å²) in [6.07, 6.45) is 6.21. The lowest BCUT2D eigenvalue weighted by molar-refractivity contribution is 0.414. The molecule has 4 heterocycles. The zero-order valence-electron chi connectivity index (χ0n) is 18.9. The van der Waals surface area contributed by atoms with Gasteiger partial charge in [-0.3, -0.25) is 4.98 Å². The van der Waals surface area contributed by atoms with E-state index in [1.165, 1.54) is 0 Å². The molecule has 1 unspecified atom stereocenters. The van der Waals surface area contributed by atoms with Crippen LogP contribution in [-0.4, -0.2) is 51.0 Å². The Morgan fingerprint density at radius 1 is 1.09 bits per heavy atom. The Morgan fingerprint density at radius 2 is 2.03 bits per heavy atom. The molecule has 4 N–H and O–H groups in total. The number of anilines is 4. The first kappa shape index (κ1) is 21.7. The molecule has 0 amide bonds. The zero-order valence-corrected chi connectivity index (χ0v) is 18.9. The SMILES string of the molecule is CN1CCC(Nc2cc(Nc3cnc(N=N)c(NCc4ccc5ncccc5c4)n3)ccn2)C1. The van der Waals surface area contributed by atoms with Crippen LogP contribution in [0.3, 0.4) is 0 Å². The van der Waals surface area contributed by atoms with Crippen LogP contribution in [0, 0.1) is 5.53 Å². The van der Waals surface area contributed by atoms with E-state index in [0.717, 1.165) is 47.5 Å². The molecule has 0 spiro atoms. The van der Waals surface area contributed by atoms with E-state index in [1.807, 2.05) is 36.4 Å². The van der Waals surface area contributed by atoms with Crippen LogP contribution in [0.15, 0.2) is 66.2 Å². The second-order valence-corrected chi connectivity index (χ2v) is 8.37. The summed E-state index contributed by atoms with van der Waals surface area (Å²) in [7, 11) is 2.13. The highest BCUT2D eigenvalue weighted by atomic mass is 15.2. The van der Waals surface area contributed by atoms with Gasteiger partial charge in [0.2, 0.25) is 5.82 Å². The van der Waals surface area contributed by atoms with Crippen molar-refractivity contribution in [2.75, 3.05) is 36.1 Å². The van der Waals surface area contributed by atoms with Gasteiger partial charge in [0.25, 0.3) is 0 Å². The molecule has 1 aliphatic rings. The van der Waals surface area contributed by atoms with Gasteiger partial charge < -0.3 is 20.9 Å². The Kier molecular flexibility index (Phi) is 6.21. The van der Waals surface area contributed by atoms with Gasteiger partial charge >= 0.3 is 0 Å². The zero-order chi connectivity index (χ0) is 23.3. The molecule has 10 nitrogen and oxygen atoms in total. The first-order valence-electron chi connectivity index (χ1n) is 11.2. The van der Waals surface area contributed by atoms with Crippen LogP contribution in [-0.2, 0) is 6.54 Å². The van der Waals surface area contributed by atoms with Crippen molar-refractivity contribution in [1.82, 2.24) is 24.8 Å². The molecular weight excluding hydrogens is 428 g/mol.